The van der Waals surface area contributed by atoms with Crippen LogP contribution in [0.15, 0.2) is 140 Å². The first-order valence-corrected chi connectivity index (χ1v) is 17.4. The van der Waals surface area contributed by atoms with Crippen molar-refractivity contribution in [1.82, 2.24) is 29.8 Å². The fourth-order valence-electron chi connectivity index (χ4n) is 7.05. The van der Waals surface area contributed by atoms with Crippen LogP contribution in [-0.2, 0) is 22.3 Å². The number of ether oxygens (including phenoxy) is 1. The summed E-state index contributed by atoms with van der Waals surface area (Å²) in [6.45, 7) is 5.30. The van der Waals surface area contributed by atoms with Crippen LogP contribution in [0.4, 0.5) is 0 Å². The molecule has 0 bridgehead atoms. The Hall–Kier alpha value is -6.19. The Labute approximate surface area is 303 Å². The van der Waals surface area contributed by atoms with Crippen LogP contribution in [-0.4, -0.2) is 47.9 Å². The molecule has 0 radical (unpaired) electrons. The second-order valence-corrected chi connectivity index (χ2v) is 13.2. The first-order chi connectivity index (χ1) is 25.3. The minimum atomic E-state index is -1.35. The standard InChI is InChI=1S/C43H40N6O3/c1-5-17-37-44-39(42(2,3)51)38(41(50)52-4)48(37)34-28-26-30(27-29-34)35-24-15-16-25-36(35)40-45-46-47-49(40)43(31-18-9-6-10-19-31,32-20-11-7-12-21-32)33-22-13-8-14-23-33/h6-16,18-29,51H,5,17H2,1-4H3. The fraction of sp³-hybridized carbons (Fsp3) is 0.186. The Morgan fingerprint density at radius 2 is 1.25 bits per heavy atom. The summed E-state index contributed by atoms with van der Waals surface area (Å²) in [5.74, 6) is 0.706. The molecule has 260 valence electrons. The van der Waals surface area contributed by atoms with Gasteiger partial charge in [0.1, 0.15) is 22.7 Å². The number of hydrogen-bond acceptors (Lipinski definition) is 7. The van der Waals surface area contributed by atoms with Crippen molar-refractivity contribution in [3.8, 4) is 28.2 Å². The molecule has 0 saturated carbocycles. The number of aromatic nitrogens is 6. The molecule has 0 amide bonds. The summed E-state index contributed by atoms with van der Waals surface area (Å²) in [5, 5.41) is 24.7. The van der Waals surface area contributed by atoms with Crippen molar-refractivity contribution in [2.45, 2.75) is 44.8 Å². The van der Waals surface area contributed by atoms with Crippen LogP contribution in [0.3, 0.4) is 0 Å². The highest BCUT2D eigenvalue weighted by Gasteiger charge is 2.42. The summed E-state index contributed by atoms with van der Waals surface area (Å²) in [5.41, 5.74) is 4.71. The molecule has 52 heavy (non-hydrogen) atoms. The Bertz CT molecular complexity index is 2190. The van der Waals surface area contributed by atoms with Crippen LogP contribution < -0.4 is 0 Å². The lowest BCUT2D eigenvalue weighted by Gasteiger charge is -2.36. The molecule has 0 spiro atoms. The average molecular weight is 689 g/mol. The van der Waals surface area contributed by atoms with E-state index in [0.717, 1.165) is 45.5 Å². The van der Waals surface area contributed by atoms with E-state index in [1.807, 2.05) is 102 Å². The van der Waals surface area contributed by atoms with Crippen LogP contribution in [0.25, 0.3) is 28.2 Å². The quantitative estimate of drug-likeness (QED) is 0.108. The van der Waals surface area contributed by atoms with Crippen molar-refractivity contribution in [3.63, 3.8) is 0 Å². The van der Waals surface area contributed by atoms with Crippen molar-refractivity contribution < 1.29 is 14.6 Å². The van der Waals surface area contributed by atoms with E-state index in [1.54, 1.807) is 18.4 Å². The summed E-state index contributed by atoms with van der Waals surface area (Å²) >= 11 is 0. The first kappa shape index (κ1) is 34.3. The summed E-state index contributed by atoms with van der Waals surface area (Å²) in [6, 6.07) is 47.0. The van der Waals surface area contributed by atoms with Crippen LogP contribution in [0.2, 0.25) is 0 Å². The minimum absolute atomic E-state index is 0.213. The number of hydrogen-bond donors (Lipinski definition) is 1. The van der Waals surface area contributed by atoms with Crippen LogP contribution in [0.5, 0.6) is 0 Å². The zero-order valence-electron chi connectivity index (χ0n) is 29.6. The van der Waals surface area contributed by atoms with Gasteiger partial charge < -0.3 is 9.84 Å². The van der Waals surface area contributed by atoms with E-state index in [9.17, 15) is 9.90 Å². The Morgan fingerprint density at radius 1 is 0.731 bits per heavy atom. The molecule has 2 aromatic heterocycles. The van der Waals surface area contributed by atoms with Crippen LogP contribution >= 0.6 is 0 Å². The van der Waals surface area contributed by atoms with Gasteiger partial charge in [-0.1, -0.05) is 134 Å². The highest BCUT2D eigenvalue weighted by Crippen LogP contribution is 2.43. The van der Waals surface area contributed by atoms with Gasteiger partial charge in [-0.25, -0.2) is 14.5 Å². The van der Waals surface area contributed by atoms with E-state index < -0.39 is 17.1 Å². The number of benzene rings is 5. The lowest BCUT2D eigenvalue weighted by atomic mass is 9.77. The SMILES string of the molecule is CCCc1nc(C(C)(C)O)c(C(=O)OC)n1-c1ccc(-c2ccccc2-c2nnnn2C(c2ccccc2)(c2ccccc2)c2ccccc2)cc1. The Kier molecular flexibility index (Phi) is 9.36. The van der Waals surface area contributed by atoms with Crippen molar-refractivity contribution >= 4 is 5.97 Å². The molecule has 9 nitrogen and oxygen atoms in total. The molecule has 0 aliphatic carbocycles. The molecule has 0 unspecified atom stereocenters. The average Bonchev–Trinajstić information content (AvgIpc) is 3.83. The number of rotatable bonds is 11. The maximum absolute atomic E-state index is 13.2. The summed E-state index contributed by atoms with van der Waals surface area (Å²) in [6.07, 6.45) is 1.42. The molecular weight excluding hydrogens is 649 g/mol. The summed E-state index contributed by atoms with van der Waals surface area (Å²) < 4.78 is 8.91. The lowest BCUT2D eigenvalue weighted by Crippen LogP contribution is -2.39. The van der Waals surface area contributed by atoms with Gasteiger partial charge in [-0.3, -0.25) is 4.57 Å². The van der Waals surface area contributed by atoms with Gasteiger partial charge in [-0.15, -0.1) is 5.10 Å². The third-order valence-electron chi connectivity index (χ3n) is 9.35. The Morgan fingerprint density at radius 3 is 1.75 bits per heavy atom. The second kappa shape index (κ2) is 14.2. The molecule has 1 N–H and O–H groups in total. The number of aliphatic hydroxyl groups is 1. The van der Waals surface area contributed by atoms with Gasteiger partial charge in [0.25, 0.3) is 0 Å². The van der Waals surface area contributed by atoms with E-state index in [4.69, 9.17) is 20.0 Å². The predicted molar refractivity (Wildman–Crippen MR) is 201 cm³/mol. The molecule has 2 heterocycles. The molecule has 0 atom stereocenters. The van der Waals surface area contributed by atoms with Crippen molar-refractivity contribution in [2.24, 2.45) is 0 Å². The van der Waals surface area contributed by atoms with Crippen molar-refractivity contribution in [1.29, 1.82) is 0 Å². The van der Waals surface area contributed by atoms with Gasteiger partial charge in [0.15, 0.2) is 11.5 Å². The number of esters is 1. The number of tetrazole rings is 1. The van der Waals surface area contributed by atoms with Gasteiger partial charge in [-0.05, 0) is 70.6 Å². The van der Waals surface area contributed by atoms with E-state index in [1.165, 1.54) is 7.11 Å². The van der Waals surface area contributed by atoms with Crippen molar-refractivity contribution in [2.75, 3.05) is 7.11 Å². The smallest absolute Gasteiger partial charge is 0.357 e. The number of imidazole rings is 1. The maximum atomic E-state index is 13.2. The Balaban J connectivity index is 1.41. The number of methoxy groups -OCH3 is 1. The molecule has 5 aromatic carbocycles. The molecule has 0 fully saturated rings. The molecule has 7 rings (SSSR count). The molecule has 0 saturated heterocycles. The monoisotopic (exact) mass is 688 g/mol. The van der Waals surface area contributed by atoms with E-state index in [0.29, 0.717) is 18.1 Å². The fourth-order valence-corrected chi connectivity index (χ4v) is 7.05. The normalized spacial score (nSPS) is 11.8. The number of carbonyl (C=O) groups excluding carboxylic acids is 1. The molecule has 0 aliphatic heterocycles. The molecule has 0 aliphatic rings. The topological polar surface area (TPSA) is 108 Å². The van der Waals surface area contributed by atoms with Crippen LogP contribution in [0.1, 0.15) is 65.9 Å². The van der Waals surface area contributed by atoms with Gasteiger partial charge >= 0.3 is 5.97 Å². The second-order valence-electron chi connectivity index (χ2n) is 13.2. The summed E-state index contributed by atoms with van der Waals surface area (Å²) in [7, 11) is 1.34. The molecule has 7 aromatic rings. The van der Waals surface area contributed by atoms with Gasteiger partial charge in [-0.2, -0.15) is 0 Å². The van der Waals surface area contributed by atoms with Crippen LogP contribution in [0, 0.1) is 0 Å². The first-order valence-electron chi connectivity index (χ1n) is 17.4. The highest BCUT2D eigenvalue weighted by molar-refractivity contribution is 5.90. The molecular formula is C43H40N6O3. The third-order valence-corrected chi connectivity index (χ3v) is 9.35. The number of carbonyl (C=O) groups is 1. The third kappa shape index (κ3) is 5.99. The lowest BCUT2D eigenvalue weighted by molar-refractivity contribution is 0.0535. The zero-order valence-corrected chi connectivity index (χ0v) is 29.6. The molecule has 9 heteroatoms. The van der Waals surface area contributed by atoms with E-state index >= 15 is 0 Å². The largest absolute Gasteiger partial charge is 0.464 e. The summed E-state index contributed by atoms with van der Waals surface area (Å²) in [4.78, 5) is 17.9. The minimum Gasteiger partial charge on any atom is -0.464 e. The van der Waals surface area contributed by atoms with Gasteiger partial charge in [0.05, 0.1) is 7.11 Å². The number of aryl methyl sites for hydroxylation is 1. The predicted octanol–water partition coefficient (Wildman–Crippen LogP) is 8.00. The highest BCUT2D eigenvalue weighted by atomic mass is 16.5. The maximum Gasteiger partial charge on any atom is 0.357 e. The van der Waals surface area contributed by atoms with E-state index in [2.05, 4.69) is 54.6 Å². The van der Waals surface area contributed by atoms with Gasteiger partial charge in [0, 0.05) is 17.7 Å². The van der Waals surface area contributed by atoms with E-state index in [-0.39, 0.29) is 11.4 Å². The van der Waals surface area contributed by atoms with Gasteiger partial charge in [0.2, 0.25) is 0 Å². The van der Waals surface area contributed by atoms with Crippen molar-refractivity contribution in [3.05, 3.63) is 173 Å². The number of nitrogens with zero attached hydrogens (tertiary/aromatic N) is 6. The zero-order chi connectivity index (χ0) is 36.3.